The smallest absolute Gasteiger partial charge is 0.173 e. The van der Waals surface area contributed by atoms with E-state index in [0.29, 0.717) is 5.71 Å². The first-order chi connectivity index (χ1) is 15.4. The second kappa shape index (κ2) is 13.0. The number of hydrogen-bond acceptors (Lipinski definition) is 2. The molecule has 0 saturated carbocycles. The molecule has 2 aliphatic carbocycles. The van der Waals surface area contributed by atoms with Gasteiger partial charge in [-0.2, -0.15) is 0 Å². The van der Waals surface area contributed by atoms with Gasteiger partial charge in [-0.1, -0.05) is 43.5 Å². The molecule has 0 bridgehead atoms. The van der Waals surface area contributed by atoms with E-state index in [1.807, 2.05) is 0 Å². The summed E-state index contributed by atoms with van der Waals surface area (Å²) in [6.45, 7) is 5.31. The van der Waals surface area contributed by atoms with E-state index in [9.17, 15) is 0 Å². The third-order valence-electron chi connectivity index (χ3n) is 6.17. The maximum atomic E-state index is 8.86. The Morgan fingerprint density at radius 1 is 1.00 bits per heavy atom. The van der Waals surface area contributed by atoms with Gasteiger partial charge in [-0.25, -0.2) is 0 Å². The minimum atomic E-state index is -0.287. The molecule has 4 heteroatoms. The Hall–Kier alpha value is -2.00. The number of aliphatic hydroxyl groups excluding tert-OH is 1. The van der Waals surface area contributed by atoms with Gasteiger partial charge in [-0.05, 0) is 73.9 Å². The van der Waals surface area contributed by atoms with Gasteiger partial charge in [-0.3, -0.25) is 0 Å². The molecule has 0 amide bonds. The molecule has 0 aliphatic heterocycles. The van der Waals surface area contributed by atoms with Crippen LogP contribution in [0.25, 0.3) is 6.08 Å². The summed E-state index contributed by atoms with van der Waals surface area (Å²) in [7, 11) is 0. The first kappa shape index (κ1) is 27.2. The molecule has 179 valence electrons. The van der Waals surface area contributed by atoms with E-state index in [4.69, 9.17) is 15.6 Å². The van der Waals surface area contributed by atoms with E-state index in [2.05, 4.69) is 49.4 Å². The molecule has 2 aromatic rings. The summed E-state index contributed by atoms with van der Waals surface area (Å²) in [5.74, 6) is 0.225. The number of nitrogens with one attached hydrogen (secondary N) is 1. The first-order valence-corrected chi connectivity index (χ1v) is 11.9. The summed E-state index contributed by atoms with van der Waals surface area (Å²) in [5, 5.41) is 24.2. The summed E-state index contributed by atoms with van der Waals surface area (Å²) in [6.07, 6.45) is 15.2. The molecule has 0 heterocycles. The predicted octanol–water partition coefficient (Wildman–Crippen LogP) is 6.25. The van der Waals surface area contributed by atoms with Crippen molar-refractivity contribution in [3.63, 3.8) is 0 Å². The zero-order valence-corrected chi connectivity index (χ0v) is 22.5. The molecule has 0 spiro atoms. The van der Waals surface area contributed by atoms with Gasteiger partial charge in [0.05, 0.1) is 5.76 Å². The number of aliphatic hydroxyl groups is 1. The Morgan fingerprint density at radius 3 is 2.06 bits per heavy atom. The number of allylic oxidation sites excluding steroid dienone is 2. The van der Waals surface area contributed by atoms with Gasteiger partial charge in [0, 0.05) is 33.1 Å². The Bertz CT molecular complexity index is 1020. The van der Waals surface area contributed by atoms with Crippen LogP contribution in [0.2, 0.25) is 0 Å². The van der Waals surface area contributed by atoms with Gasteiger partial charge in [0.2, 0.25) is 0 Å². The van der Waals surface area contributed by atoms with Crippen LogP contribution < -0.4 is 0 Å². The van der Waals surface area contributed by atoms with Crippen molar-refractivity contribution in [1.29, 1.82) is 5.41 Å². The zero-order chi connectivity index (χ0) is 23.1. The average Bonchev–Trinajstić information content (AvgIpc) is 2.77. The van der Waals surface area contributed by atoms with E-state index >= 15 is 0 Å². The average molecular weight is 624 g/mol. The van der Waals surface area contributed by atoms with E-state index in [1.165, 1.54) is 72.4 Å². The molecular formula is C29H37IrNO2. The number of rotatable bonds is 4. The summed E-state index contributed by atoms with van der Waals surface area (Å²) in [6, 6.07) is 12.3. The first-order valence-electron chi connectivity index (χ1n) is 11.9. The molecule has 0 fully saturated rings. The van der Waals surface area contributed by atoms with Crippen molar-refractivity contribution in [3.8, 4) is 0 Å². The number of aryl methyl sites for hydroxylation is 4. The fourth-order valence-electron chi connectivity index (χ4n) is 4.65. The van der Waals surface area contributed by atoms with Crippen LogP contribution in [-0.4, -0.2) is 22.0 Å². The van der Waals surface area contributed by atoms with Gasteiger partial charge in [0.1, 0.15) is 0 Å². The Kier molecular flexibility index (Phi) is 10.8. The van der Waals surface area contributed by atoms with Crippen molar-refractivity contribution < 1.29 is 30.3 Å². The van der Waals surface area contributed by atoms with E-state index in [1.54, 1.807) is 13.8 Å². The Balaban J connectivity index is 0.000000423. The van der Waals surface area contributed by atoms with Crippen LogP contribution in [0.1, 0.15) is 85.4 Å². The van der Waals surface area contributed by atoms with Gasteiger partial charge >= 0.3 is 0 Å². The van der Waals surface area contributed by atoms with E-state index in [-0.39, 0.29) is 32.0 Å². The zero-order valence-electron chi connectivity index (χ0n) is 20.1. The van der Waals surface area contributed by atoms with Crippen molar-refractivity contribution in [2.24, 2.45) is 0 Å². The quantitative estimate of drug-likeness (QED) is 0.180. The molecule has 1 radical (unpaired) electrons. The monoisotopic (exact) mass is 624 g/mol. The number of hydrogen-bond donors (Lipinski definition) is 2. The predicted molar refractivity (Wildman–Crippen MR) is 135 cm³/mol. The Labute approximate surface area is 212 Å². The van der Waals surface area contributed by atoms with E-state index < -0.39 is 0 Å². The van der Waals surface area contributed by atoms with Gasteiger partial charge in [0.25, 0.3) is 0 Å². The summed E-state index contributed by atoms with van der Waals surface area (Å²) < 4.78 is 0. The number of benzene rings is 2. The second-order valence-corrected chi connectivity index (χ2v) is 8.99. The molecule has 0 aromatic heterocycles. The minimum Gasteiger partial charge on any atom is -0.513 e. The van der Waals surface area contributed by atoms with Crippen molar-refractivity contribution in [2.75, 3.05) is 0 Å². The molecule has 4 rings (SSSR count). The SMILES string of the molecule is C/C(O)=C/C(C)[OH2+].C/C=C\c1cc2c(cc1C(=N)c1[c-]cc3c(c1)CCCC3)CCCC2.[Ir]. The molecule has 1 unspecified atom stereocenters. The standard InChI is InChI=1S/C24H26N.C5H10O2.Ir/c1-2-7-21-14-19-10-5-6-11-20(19)16-23(21)24(25)22-13-12-17-8-3-4-9-18(17)15-22;1-4(6)3-5(2)7;/h2,7,12,14-16,25H,3-6,8-11H2,1H3;3-4,6-7H,1-2H3;/q-1;;/p+1/b7-2-,25-24?;5-3-;. The molecule has 1 atom stereocenters. The fraction of sp³-hybridized carbons (Fsp3) is 0.414. The molecular weight excluding hydrogens is 587 g/mol. The fourth-order valence-corrected chi connectivity index (χ4v) is 4.65. The van der Waals surface area contributed by atoms with Crippen LogP contribution in [0.5, 0.6) is 0 Å². The summed E-state index contributed by atoms with van der Waals surface area (Å²) >= 11 is 0. The molecule has 33 heavy (non-hydrogen) atoms. The van der Waals surface area contributed by atoms with Gasteiger partial charge < -0.3 is 15.6 Å². The molecule has 2 aromatic carbocycles. The van der Waals surface area contributed by atoms with Crippen LogP contribution >= 0.6 is 0 Å². The van der Waals surface area contributed by atoms with E-state index in [0.717, 1.165) is 24.0 Å². The van der Waals surface area contributed by atoms with Crippen LogP contribution in [-0.2, 0) is 45.8 Å². The van der Waals surface area contributed by atoms with Crippen molar-refractivity contribution in [3.05, 3.63) is 87.2 Å². The van der Waals surface area contributed by atoms with Crippen LogP contribution in [0, 0.1) is 11.5 Å². The van der Waals surface area contributed by atoms with Crippen LogP contribution in [0.3, 0.4) is 0 Å². The second-order valence-electron chi connectivity index (χ2n) is 8.99. The summed E-state index contributed by atoms with van der Waals surface area (Å²) in [5.41, 5.74) is 9.58. The van der Waals surface area contributed by atoms with Crippen molar-refractivity contribution >= 4 is 11.8 Å². The molecule has 2 aliphatic rings. The third kappa shape index (κ3) is 7.50. The largest absolute Gasteiger partial charge is 0.513 e. The van der Waals surface area contributed by atoms with Crippen LogP contribution in [0.4, 0.5) is 0 Å². The molecule has 3 nitrogen and oxygen atoms in total. The number of fused-ring (bicyclic) bond motifs is 2. The summed E-state index contributed by atoms with van der Waals surface area (Å²) in [4.78, 5) is 0. The maximum absolute atomic E-state index is 8.86. The van der Waals surface area contributed by atoms with Crippen molar-refractivity contribution in [2.45, 2.75) is 78.2 Å². The minimum absolute atomic E-state index is 0. The third-order valence-corrected chi connectivity index (χ3v) is 6.17. The van der Waals surface area contributed by atoms with Gasteiger partial charge in [-0.15, -0.1) is 34.9 Å². The topological polar surface area (TPSA) is 67.0 Å². The van der Waals surface area contributed by atoms with Gasteiger partial charge in [0.15, 0.2) is 6.10 Å². The maximum Gasteiger partial charge on any atom is 0.173 e. The molecule has 4 N–H and O–H groups in total. The van der Waals surface area contributed by atoms with Crippen molar-refractivity contribution in [1.82, 2.24) is 0 Å². The Morgan fingerprint density at radius 2 is 1.55 bits per heavy atom. The normalized spacial score (nSPS) is 16.1. The van der Waals surface area contributed by atoms with Crippen LogP contribution in [0.15, 0.2) is 42.2 Å². The molecule has 0 saturated heterocycles.